The van der Waals surface area contributed by atoms with E-state index in [2.05, 4.69) is 5.16 Å². The number of carbonyl (C=O) groups excluding carboxylic acids is 1. The minimum Gasteiger partial charge on any atom is -0.481 e. The molecular formula is C12H16N2O4. The van der Waals surface area contributed by atoms with Crippen molar-refractivity contribution in [1.82, 2.24) is 10.1 Å². The minimum absolute atomic E-state index is 0.0725. The molecule has 1 amide bonds. The molecule has 2 atom stereocenters. The third-order valence-electron chi connectivity index (χ3n) is 3.48. The van der Waals surface area contributed by atoms with Crippen molar-refractivity contribution >= 4 is 11.9 Å². The fourth-order valence-electron chi connectivity index (χ4n) is 2.51. The summed E-state index contributed by atoms with van der Waals surface area (Å²) in [5, 5.41) is 12.8. The minimum atomic E-state index is -0.920. The molecule has 1 aromatic rings. The summed E-state index contributed by atoms with van der Waals surface area (Å²) in [4.78, 5) is 24.4. The molecule has 1 aliphatic heterocycles. The van der Waals surface area contributed by atoms with Gasteiger partial charge in [0.25, 0.3) is 0 Å². The second-order valence-corrected chi connectivity index (χ2v) is 4.70. The van der Waals surface area contributed by atoms with Crippen LogP contribution in [0.3, 0.4) is 0 Å². The van der Waals surface area contributed by atoms with Crippen LogP contribution < -0.4 is 0 Å². The van der Waals surface area contributed by atoms with Gasteiger partial charge in [-0.15, -0.1) is 0 Å². The number of nitrogens with zero attached hydrogens (tertiary/aromatic N) is 2. The first-order valence-electron chi connectivity index (χ1n) is 5.86. The van der Waals surface area contributed by atoms with Gasteiger partial charge in [-0.2, -0.15) is 0 Å². The molecule has 18 heavy (non-hydrogen) atoms. The average Bonchev–Trinajstić information content (AvgIpc) is 2.82. The van der Waals surface area contributed by atoms with E-state index in [0.29, 0.717) is 5.76 Å². The molecule has 6 nitrogen and oxygen atoms in total. The zero-order valence-electron chi connectivity index (χ0n) is 10.6. The van der Waals surface area contributed by atoms with Gasteiger partial charge in [0.15, 0.2) is 0 Å². The van der Waals surface area contributed by atoms with E-state index in [1.807, 2.05) is 13.8 Å². The van der Waals surface area contributed by atoms with Crippen LogP contribution in [0.5, 0.6) is 0 Å². The molecule has 1 saturated heterocycles. The standard InChI is InChI=1S/C12H16N2O4/c1-6-11(8(3)18-13-6)7(2)14-5-9(12(16)17)4-10(14)15/h7,9H,4-5H2,1-3H3,(H,16,17). The van der Waals surface area contributed by atoms with Crippen LogP contribution in [-0.4, -0.2) is 33.6 Å². The lowest BCUT2D eigenvalue weighted by atomic mass is 10.1. The molecule has 0 spiro atoms. The second kappa shape index (κ2) is 4.44. The van der Waals surface area contributed by atoms with Gasteiger partial charge in [0, 0.05) is 18.5 Å². The van der Waals surface area contributed by atoms with Gasteiger partial charge in [0.1, 0.15) is 5.76 Å². The summed E-state index contributed by atoms with van der Waals surface area (Å²) in [6.45, 7) is 5.73. The molecule has 2 heterocycles. The van der Waals surface area contributed by atoms with Gasteiger partial charge in [-0.3, -0.25) is 9.59 Å². The Balaban J connectivity index is 2.23. The number of aryl methyl sites for hydroxylation is 2. The number of amides is 1. The maximum absolute atomic E-state index is 11.9. The summed E-state index contributed by atoms with van der Waals surface area (Å²) in [7, 11) is 0. The highest BCUT2D eigenvalue weighted by Gasteiger charge is 2.38. The Labute approximate surface area is 105 Å². The molecule has 2 unspecified atom stereocenters. The summed E-state index contributed by atoms with van der Waals surface area (Å²) in [5.74, 6) is -0.987. The van der Waals surface area contributed by atoms with Crippen molar-refractivity contribution < 1.29 is 19.2 Å². The molecular weight excluding hydrogens is 236 g/mol. The summed E-state index contributed by atoms with van der Waals surface area (Å²) >= 11 is 0. The number of rotatable bonds is 3. The maximum atomic E-state index is 11.9. The number of hydrogen-bond acceptors (Lipinski definition) is 4. The summed E-state index contributed by atoms with van der Waals surface area (Å²) < 4.78 is 5.08. The SMILES string of the molecule is Cc1noc(C)c1C(C)N1CC(C(=O)O)CC1=O. The highest BCUT2D eigenvalue weighted by molar-refractivity contribution is 5.86. The Kier molecular flexibility index (Phi) is 3.11. The van der Waals surface area contributed by atoms with Crippen LogP contribution in [0.15, 0.2) is 4.52 Å². The molecule has 0 radical (unpaired) electrons. The van der Waals surface area contributed by atoms with E-state index in [0.717, 1.165) is 11.3 Å². The predicted molar refractivity (Wildman–Crippen MR) is 61.8 cm³/mol. The Hall–Kier alpha value is -1.85. The molecule has 0 saturated carbocycles. The molecule has 1 aliphatic rings. The fraction of sp³-hybridized carbons (Fsp3) is 0.583. The van der Waals surface area contributed by atoms with Crippen LogP contribution in [0.1, 0.15) is 36.4 Å². The molecule has 6 heteroatoms. The van der Waals surface area contributed by atoms with E-state index in [4.69, 9.17) is 9.63 Å². The van der Waals surface area contributed by atoms with Gasteiger partial charge in [-0.25, -0.2) is 0 Å². The quantitative estimate of drug-likeness (QED) is 0.876. The largest absolute Gasteiger partial charge is 0.481 e. The lowest BCUT2D eigenvalue weighted by Gasteiger charge is -2.24. The Bertz CT molecular complexity index is 475. The van der Waals surface area contributed by atoms with Crippen molar-refractivity contribution in [3.8, 4) is 0 Å². The van der Waals surface area contributed by atoms with Crippen LogP contribution >= 0.6 is 0 Å². The molecule has 1 N–H and O–H groups in total. The Morgan fingerprint density at radius 2 is 2.22 bits per heavy atom. The van der Waals surface area contributed by atoms with E-state index in [1.165, 1.54) is 0 Å². The lowest BCUT2D eigenvalue weighted by Crippen LogP contribution is -2.29. The van der Waals surface area contributed by atoms with E-state index in [1.54, 1.807) is 11.8 Å². The highest BCUT2D eigenvalue weighted by Crippen LogP contribution is 2.31. The van der Waals surface area contributed by atoms with E-state index >= 15 is 0 Å². The first kappa shape index (κ1) is 12.6. The van der Waals surface area contributed by atoms with Crippen molar-refractivity contribution in [2.75, 3.05) is 6.54 Å². The van der Waals surface area contributed by atoms with E-state index in [9.17, 15) is 9.59 Å². The van der Waals surface area contributed by atoms with Gasteiger partial charge in [0.2, 0.25) is 5.91 Å². The second-order valence-electron chi connectivity index (χ2n) is 4.70. The molecule has 0 aromatic carbocycles. The number of carboxylic acids is 1. The zero-order chi connectivity index (χ0) is 13.4. The number of carbonyl (C=O) groups is 2. The van der Waals surface area contributed by atoms with E-state index in [-0.39, 0.29) is 24.9 Å². The fourth-order valence-corrected chi connectivity index (χ4v) is 2.51. The van der Waals surface area contributed by atoms with Gasteiger partial charge in [0.05, 0.1) is 17.7 Å². The average molecular weight is 252 g/mol. The highest BCUT2D eigenvalue weighted by atomic mass is 16.5. The van der Waals surface area contributed by atoms with Crippen molar-refractivity contribution in [2.24, 2.45) is 5.92 Å². The summed E-state index contributed by atoms with van der Waals surface area (Å²) in [6.07, 6.45) is 0.0725. The zero-order valence-corrected chi connectivity index (χ0v) is 10.6. The molecule has 2 rings (SSSR count). The number of hydrogen-bond donors (Lipinski definition) is 1. The number of carboxylic acid groups (broad SMARTS) is 1. The van der Waals surface area contributed by atoms with Crippen LogP contribution in [0.25, 0.3) is 0 Å². The molecule has 1 aromatic heterocycles. The molecule has 0 bridgehead atoms. The normalized spacial score (nSPS) is 21.4. The summed E-state index contributed by atoms with van der Waals surface area (Å²) in [6, 6.07) is -0.201. The predicted octanol–water partition coefficient (Wildman–Crippen LogP) is 1.29. The summed E-state index contributed by atoms with van der Waals surface area (Å²) in [5.41, 5.74) is 1.61. The maximum Gasteiger partial charge on any atom is 0.308 e. The lowest BCUT2D eigenvalue weighted by molar-refractivity contribution is -0.141. The smallest absolute Gasteiger partial charge is 0.308 e. The van der Waals surface area contributed by atoms with Crippen LogP contribution in [0.2, 0.25) is 0 Å². The number of likely N-dealkylation sites (tertiary alicyclic amines) is 1. The number of aliphatic carboxylic acids is 1. The third-order valence-corrected chi connectivity index (χ3v) is 3.48. The van der Waals surface area contributed by atoms with Crippen LogP contribution in [0.4, 0.5) is 0 Å². The van der Waals surface area contributed by atoms with Crippen molar-refractivity contribution in [1.29, 1.82) is 0 Å². The van der Waals surface area contributed by atoms with Crippen molar-refractivity contribution in [2.45, 2.75) is 33.2 Å². The molecule has 1 fully saturated rings. The third kappa shape index (κ3) is 1.98. The van der Waals surface area contributed by atoms with Crippen LogP contribution in [0, 0.1) is 19.8 Å². The van der Waals surface area contributed by atoms with Gasteiger partial charge in [-0.05, 0) is 20.8 Å². The topological polar surface area (TPSA) is 83.6 Å². The van der Waals surface area contributed by atoms with E-state index < -0.39 is 11.9 Å². The van der Waals surface area contributed by atoms with Gasteiger partial charge >= 0.3 is 5.97 Å². The molecule has 0 aliphatic carbocycles. The van der Waals surface area contributed by atoms with Gasteiger partial charge < -0.3 is 14.5 Å². The first-order valence-corrected chi connectivity index (χ1v) is 5.86. The Morgan fingerprint density at radius 1 is 1.56 bits per heavy atom. The van der Waals surface area contributed by atoms with Crippen molar-refractivity contribution in [3.05, 3.63) is 17.0 Å². The first-order chi connectivity index (χ1) is 8.41. The molecule has 98 valence electrons. The monoisotopic (exact) mass is 252 g/mol. The Morgan fingerprint density at radius 3 is 2.67 bits per heavy atom. The van der Waals surface area contributed by atoms with Crippen molar-refractivity contribution in [3.63, 3.8) is 0 Å². The van der Waals surface area contributed by atoms with Gasteiger partial charge in [-0.1, -0.05) is 5.16 Å². The number of aromatic nitrogens is 1. The van der Waals surface area contributed by atoms with Crippen LogP contribution in [-0.2, 0) is 9.59 Å².